The van der Waals surface area contributed by atoms with Gasteiger partial charge in [-0.25, -0.2) is 0 Å². The van der Waals surface area contributed by atoms with Crippen LogP contribution in [-0.4, -0.2) is 23.4 Å². The molecule has 0 aliphatic carbocycles. The fraction of sp³-hybridized carbons (Fsp3) is 0.316. The zero-order valence-corrected chi connectivity index (χ0v) is 14.9. The Morgan fingerprint density at radius 1 is 1.19 bits per heavy atom. The summed E-state index contributed by atoms with van der Waals surface area (Å²) in [5.74, 6) is -0.384. The lowest BCUT2D eigenvalue weighted by atomic mass is 9.99. The van der Waals surface area contributed by atoms with Gasteiger partial charge in [0.25, 0.3) is 0 Å². The Morgan fingerprint density at radius 2 is 1.88 bits per heavy atom. The zero-order valence-electron chi connectivity index (χ0n) is 14.1. The van der Waals surface area contributed by atoms with Gasteiger partial charge in [-0.2, -0.15) is 13.2 Å². The molecule has 0 fully saturated rings. The average Bonchev–Trinajstić information content (AvgIpc) is 2.61. The van der Waals surface area contributed by atoms with Crippen molar-refractivity contribution < 1.29 is 18.0 Å². The Morgan fingerprint density at radius 3 is 2.58 bits per heavy atom. The summed E-state index contributed by atoms with van der Waals surface area (Å²) >= 11 is 5.95. The van der Waals surface area contributed by atoms with Crippen LogP contribution in [0.4, 0.5) is 18.9 Å². The summed E-state index contributed by atoms with van der Waals surface area (Å²) in [6.45, 7) is 3.08. The van der Waals surface area contributed by atoms with Crippen molar-refractivity contribution in [3.63, 3.8) is 0 Å². The van der Waals surface area contributed by atoms with Gasteiger partial charge < -0.3 is 5.32 Å². The maximum Gasteiger partial charge on any atom is 0.416 e. The van der Waals surface area contributed by atoms with Crippen LogP contribution in [-0.2, 0) is 23.9 Å². The van der Waals surface area contributed by atoms with E-state index in [0.717, 1.165) is 30.2 Å². The minimum absolute atomic E-state index is 0.0317. The van der Waals surface area contributed by atoms with Crippen molar-refractivity contribution in [3.05, 3.63) is 64.2 Å². The lowest BCUT2D eigenvalue weighted by Crippen LogP contribution is -2.44. The molecule has 26 heavy (non-hydrogen) atoms. The van der Waals surface area contributed by atoms with Crippen LogP contribution in [0, 0.1) is 0 Å². The molecule has 1 aliphatic heterocycles. The van der Waals surface area contributed by atoms with Crippen molar-refractivity contribution in [2.75, 3.05) is 11.9 Å². The van der Waals surface area contributed by atoms with E-state index in [-0.39, 0.29) is 16.6 Å². The fourth-order valence-electron chi connectivity index (χ4n) is 3.05. The highest BCUT2D eigenvalue weighted by Gasteiger charge is 2.31. The van der Waals surface area contributed by atoms with Crippen molar-refractivity contribution in [2.24, 2.45) is 0 Å². The summed E-state index contributed by atoms with van der Waals surface area (Å²) in [4.78, 5) is 14.5. The number of hydrogen-bond donors (Lipinski definition) is 1. The highest BCUT2D eigenvalue weighted by molar-refractivity contribution is 6.33. The first-order valence-corrected chi connectivity index (χ1v) is 8.62. The molecule has 7 heteroatoms. The fourth-order valence-corrected chi connectivity index (χ4v) is 3.21. The van der Waals surface area contributed by atoms with Gasteiger partial charge in [-0.1, -0.05) is 35.9 Å². The largest absolute Gasteiger partial charge is 0.416 e. The average molecular weight is 383 g/mol. The van der Waals surface area contributed by atoms with Crippen LogP contribution in [0.15, 0.2) is 42.5 Å². The van der Waals surface area contributed by atoms with Gasteiger partial charge in [-0.15, -0.1) is 0 Å². The maximum atomic E-state index is 12.9. The molecule has 2 aromatic carbocycles. The van der Waals surface area contributed by atoms with Crippen molar-refractivity contribution in [3.8, 4) is 0 Å². The molecule has 1 amide bonds. The number of rotatable bonds is 3. The number of nitrogens with one attached hydrogen (secondary N) is 1. The third-order valence-electron chi connectivity index (χ3n) is 4.64. The quantitative estimate of drug-likeness (QED) is 0.831. The van der Waals surface area contributed by atoms with E-state index in [9.17, 15) is 18.0 Å². The van der Waals surface area contributed by atoms with Crippen LogP contribution in [0.1, 0.15) is 23.6 Å². The van der Waals surface area contributed by atoms with E-state index in [0.29, 0.717) is 13.1 Å². The van der Waals surface area contributed by atoms with E-state index in [1.54, 1.807) is 6.92 Å². The van der Waals surface area contributed by atoms with Crippen molar-refractivity contribution >= 4 is 23.2 Å². The predicted octanol–water partition coefficient (Wildman–Crippen LogP) is 4.74. The Labute approximate surface area is 154 Å². The van der Waals surface area contributed by atoms with Gasteiger partial charge in [-0.05, 0) is 42.7 Å². The van der Waals surface area contributed by atoms with Crippen LogP contribution in [0.2, 0.25) is 5.02 Å². The Balaban J connectivity index is 1.72. The van der Waals surface area contributed by atoms with Crippen LogP contribution in [0.5, 0.6) is 0 Å². The molecule has 1 heterocycles. The number of benzene rings is 2. The number of amides is 1. The van der Waals surface area contributed by atoms with Crippen LogP contribution in [0.3, 0.4) is 0 Å². The molecule has 0 bridgehead atoms. The SMILES string of the molecule is C[C@@H](C(=O)Nc1cc(C(F)(F)F)ccc1Cl)N1CCc2ccccc2C1. The number of hydrogen-bond acceptors (Lipinski definition) is 2. The third-order valence-corrected chi connectivity index (χ3v) is 4.97. The lowest BCUT2D eigenvalue weighted by Gasteiger charge is -2.33. The highest BCUT2D eigenvalue weighted by atomic mass is 35.5. The minimum Gasteiger partial charge on any atom is -0.323 e. The van der Waals surface area contributed by atoms with E-state index in [1.165, 1.54) is 5.56 Å². The zero-order chi connectivity index (χ0) is 18.9. The van der Waals surface area contributed by atoms with E-state index in [4.69, 9.17) is 11.6 Å². The first kappa shape index (κ1) is 18.7. The molecule has 3 nitrogen and oxygen atoms in total. The first-order valence-electron chi connectivity index (χ1n) is 8.24. The van der Waals surface area contributed by atoms with Crippen LogP contribution >= 0.6 is 11.6 Å². The second-order valence-electron chi connectivity index (χ2n) is 6.35. The number of nitrogens with zero attached hydrogens (tertiary/aromatic N) is 1. The summed E-state index contributed by atoms with van der Waals surface area (Å²) in [6, 6.07) is 10.4. The van der Waals surface area contributed by atoms with Crippen LogP contribution < -0.4 is 5.32 Å². The summed E-state index contributed by atoms with van der Waals surface area (Å²) < 4.78 is 38.6. The summed E-state index contributed by atoms with van der Waals surface area (Å²) in [5.41, 5.74) is 1.54. The Bertz CT molecular complexity index is 823. The molecule has 2 aromatic rings. The smallest absolute Gasteiger partial charge is 0.323 e. The molecule has 0 saturated heterocycles. The molecule has 0 aromatic heterocycles. The molecule has 138 valence electrons. The Kier molecular flexibility index (Phi) is 5.25. The summed E-state index contributed by atoms with van der Waals surface area (Å²) in [5, 5.41) is 2.60. The van der Waals surface area contributed by atoms with Crippen LogP contribution in [0.25, 0.3) is 0 Å². The van der Waals surface area contributed by atoms with Crippen molar-refractivity contribution in [2.45, 2.75) is 32.1 Å². The summed E-state index contributed by atoms with van der Waals surface area (Å²) in [6.07, 6.45) is -3.66. The minimum atomic E-state index is -4.49. The van der Waals surface area contributed by atoms with Gasteiger partial charge in [0.05, 0.1) is 22.3 Å². The number of anilines is 1. The van der Waals surface area contributed by atoms with E-state index >= 15 is 0 Å². The van der Waals surface area contributed by atoms with Gasteiger partial charge >= 0.3 is 6.18 Å². The third kappa shape index (κ3) is 4.02. The molecular weight excluding hydrogens is 365 g/mol. The van der Waals surface area contributed by atoms with Gasteiger partial charge in [0.2, 0.25) is 5.91 Å². The Hall–Kier alpha value is -2.05. The number of alkyl halides is 3. The maximum absolute atomic E-state index is 12.9. The number of fused-ring (bicyclic) bond motifs is 1. The van der Waals surface area contributed by atoms with Gasteiger partial charge in [0.15, 0.2) is 0 Å². The molecule has 1 N–H and O–H groups in total. The monoisotopic (exact) mass is 382 g/mol. The molecular formula is C19H18ClF3N2O. The molecule has 0 unspecified atom stereocenters. The second kappa shape index (κ2) is 7.29. The molecule has 0 spiro atoms. The lowest BCUT2D eigenvalue weighted by molar-refractivity contribution is -0.137. The predicted molar refractivity (Wildman–Crippen MR) is 95.1 cm³/mol. The van der Waals surface area contributed by atoms with Gasteiger partial charge in [0.1, 0.15) is 0 Å². The van der Waals surface area contributed by atoms with Gasteiger partial charge in [0, 0.05) is 13.1 Å². The second-order valence-corrected chi connectivity index (χ2v) is 6.75. The molecule has 1 aliphatic rings. The molecule has 0 radical (unpaired) electrons. The molecule has 1 atom stereocenters. The molecule has 0 saturated carbocycles. The number of halogens is 4. The number of carbonyl (C=O) groups excluding carboxylic acids is 1. The molecule has 3 rings (SSSR count). The topological polar surface area (TPSA) is 32.3 Å². The van der Waals surface area contributed by atoms with E-state index in [1.807, 2.05) is 23.1 Å². The van der Waals surface area contributed by atoms with Crippen molar-refractivity contribution in [1.29, 1.82) is 0 Å². The van der Waals surface area contributed by atoms with E-state index in [2.05, 4.69) is 11.4 Å². The van der Waals surface area contributed by atoms with E-state index < -0.39 is 17.8 Å². The van der Waals surface area contributed by atoms with Crippen molar-refractivity contribution in [1.82, 2.24) is 4.90 Å². The summed E-state index contributed by atoms with van der Waals surface area (Å²) in [7, 11) is 0. The highest BCUT2D eigenvalue weighted by Crippen LogP contribution is 2.34. The number of carbonyl (C=O) groups is 1. The normalized spacial score (nSPS) is 16.0. The first-order chi connectivity index (χ1) is 12.3. The van der Waals surface area contributed by atoms with Gasteiger partial charge in [-0.3, -0.25) is 9.69 Å². The standard InChI is InChI=1S/C19H18ClF3N2O/c1-12(25-9-8-13-4-2-3-5-14(13)11-25)18(26)24-17-10-15(19(21,22)23)6-7-16(17)20/h2-7,10,12H,8-9,11H2,1H3,(H,24,26)/t12-/m0/s1.